The lowest BCUT2D eigenvalue weighted by Crippen LogP contribution is -1.91. The van der Waals surface area contributed by atoms with Gasteiger partial charge in [-0.3, -0.25) is 0 Å². The van der Waals surface area contributed by atoms with Crippen molar-refractivity contribution in [1.82, 2.24) is 4.98 Å². The number of thiazole rings is 1. The predicted molar refractivity (Wildman–Crippen MR) is 69.3 cm³/mol. The van der Waals surface area contributed by atoms with Crippen molar-refractivity contribution in [3.05, 3.63) is 38.8 Å². The molecule has 2 rings (SSSR count). The highest BCUT2D eigenvalue weighted by atomic mass is 79.9. The molecule has 0 bridgehead atoms. The van der Waals surface area contributed by atoms with Crippen LogP contribution in [0, 0.1) is 6.92 Å². The van der Waals surface area contributed by atoms with E-state index in [1.807, 2.05) is 19.1 Å². The van der Waals surface area contributed by atoms with Crippen molar-refractivity contribution >= 4 is 49.7 Å². The fourth-order valence-corrected chi connectivity index (χ4v) is 2.52. The Morgan fingerprint density at radius 3 is 2.87 bits per heavy atom. The van der Waals surface area contributed by atoms with Crippen molar-refractivity contribution in [2.24, 2.45) is 0 Å². The van der Waals surface area contributed by atoms with Crippen LogP contribution in [0.4, 0.5) is 10.8 Å². The summed E-state index contributed by atoms with van der Waals surface area (Å²) in [5.74, 6) is 0. The average molecular weight is 304 g/mol. The number of halogens is 2. The summed E-state index contributed by atoms with van der Waals surface area (Å²) in [4.78, 5) is 4.13. The number of benzene rings is 1. The molecule has 0 fully saturated rings. The summed E-state index contributed by atoms with van der Waals surface area (Å²) in [5.41, 5.74) is 2.21. The molecular formula is C10H8BrClN2S. The smallest absolute Gasteiger partial charge is 0.188 e. The standard InChI is InChI=1S/C10H8BrClN2S/c1-6-4-7(11)2-3-8(6)13-10-14-9(12)5-15-10/h2-5H,1H3,(H,13,14). The molecule has 0 aliphatic rings. The summed E-state index contributed by atoms with van der Waals surface area (Å²) in [6, 6.07) is 6.05. The molecule has 1 aromatic carbocycles. The number of aryl methyl sites for hydroxylation is 1. The maximum atomic E-state index is 5.74. The first-order chi connectivity index (χ1) is 7.15. The zero-order chi connectivity index (χ0) is 10.8. The number of anilines is 2. The zero-order valence-corrected chi connectivity index (χ0v) is 11.1. The van der Waals surface area contributed by atoms with Crippen LogP contribution in [0.25, 0.3) is 0 Å². The van der Waals surface area contributed by atoms with E-state index in [0.29, 0.717) is 5.15 Å². The first-order valence-corrected chi connectivity index (χ1v) is 6.34. The molecule has 5 heteroatoms. The van der Waals surface area contributed by atoms with Gasteiger partial charge in [0.15, 0.2) is 5.13 Å². The summed E-state index contributed by atoms with van der Waals surface area (Å²) in [5, 5.41) is 6.36. The van der Waals surface area contributed by atoms with Gasteiger partial charge in [-0.25, -0.2) is 4.98 Å². The average Bonchev–Trinajstić information content (AvgIpc) is 2.56. The highest BCUT2D eigenvalue weighted by molar-refractivity contribution is 9.10. The maximum Gasteiger partial charge on any atom is 0.188 e. The number of hydrogen-bond donors (Lipinski definition) is 1. The van der Waals surface area contributed by atoms with Crippen LogP contribution in [0.15, 0.2) is 28.1 Å². The monoisotopic (exact) mass is 302 g/mol. The molecule has 2 nitrogen and oxygen atoms in total. The van der Waals surface area contributed by atoms with Gasteiger partial charge in [0.25, 0.3) is 0 Å². The van der Waals surface area contributed by atoms with Gasteiger partial charge >= 0.3 is 0 Å². The van der Waals surface area contributed by atoms with Gasteiger partial charge in [-0.1, -0.05) is 27.5 Å². The molecule has 78 valence electrons. The van der Waals surface area contributed by atoms with E-state index in [1.54, 1.807) is 5.38 Å². The van der Waals surface area contributed by atoms with Crippen LogP contribution in [0.3, 0.4) is 0 Å². The van der Waals surface area contributed by atoms with Crippen LogP contribution < -0.4 is 5.32 Å². The molecule has 15 heavy (non-hydrogen) atoms. The molecular weight excluding hydrogens is 296 g/mol. The summed E-state index contributed by atoms with van der Waals surface area (Å²) in [6.07, 6.45) is 0. The second-order valence-corrected chi connectivity index (χ2v) is 5.22. The van der Waals surface area contributed by atoms with Gasteiger partial charge in [-0.2, -0.15) is 0 Å². The lowest BCUT2D eigenvalue weighted by Gasteiger charge is -2.06. The molecule has 2 aromatic rings. The molecule has 1 N–H and O–H groups in total. The second-order valence-electron chi connectivity index (χ2n) is 3.06. The van der Waals surface area contributed by atoms with Crippen molar-refractivity contribution < 1.29 is 0 Å². The molecule has 1 heterocycles. The lowest BCUT2D eigenvalue weighted by atomic mass is 10.2. The van der Waals surface area contributed by atoms with E-state index < -0.39 is 0 Å². The Bertz CT molecular complexity index is 484. The highest BCUT2D eigenvalue weighted by Gasteiger charge is 2.02. The third-order valence-corrected chi connectivity index (χ3v) is 3.48. The maximum absolute atomic E-state index is 5.74. The third-order valence-electron chi connectivity index (χ3n) is 1.91. The van der Waals surface area contributed by atoms with Gasteiger partial charge < -0.3 is 5.32 Å². The minimum absolute atomic E-state index is 0.525. The van der Waals surface area contributed by atoms with Gasteiger partial charge in [-0.05, 0) is 30.7 Å². The van der Waals surface area contributed by atoms with Gasteiger partial charge in [0, 0.05) is 15.5 Å². The Kier molecular flexibility index (Phi) is 3.29. The number of nitrogens with zero attached hydrogens (tertiary/aromatic N) is 1. The fourth-order valence-electron chi connectivity index (χ4n) is 1.19. The molecule has 0 spiro atoms. The molecule has 1 aromatic heterocycles. The van der Waals surface area contributed by atoms with Crippen molar-refractivity contribution in [2.45, 2.75) is 6.92 Å². The van der Waals surface area contributed by atoms with Gasteiger partial charge in [-0.15, -0.1) is 11.3 Å². The van der Waals surface area contributed by atoms with Crippen LogP contribution >= 0.6 is 38.9 Å². The van der Waals surface area contributed by atoms with Gasteiger partial charge in [0.05, 0.1) is 0 Å². The molecule has 0 amide bonds. The Labute approximate surface area is 105 Å². The Balaban J connectivity index is 2.24. The number of nitrogens with one attached hydrogen (secondary N) is 1. The van der Waals surface area contributed by atoms with Crippen molar-refractivity contribution in [3.63, 3.8) is 0 Å². The third kappa shape index (κ3) is 2.71. The van der Waals surface area contributed by atoms with E-state index in [2.05, 4.69) is 32.3 Å². The highest BCUT2D eigenvalue weighted by Crippen LogP contribution is 2.26. The predicted octanol–water partition coefficient (Wildman–Crippen LogP) is 4.61. The lowest BCUT2D eigenvalue weighted by molar-refractivity contribution is 1.36. The Hall–Kier alpha value is -0.580. The Morgan fingerprint density at radius 2 is 2.27 bits per heavy atom. The normalized spacial score (nSPS) is 10.3. The minimum atomic E-state index is 0.525. The topological polar surface area (TPSA) is 24.9 Å². The van der Waals surface area contributed by atoms with Gasteiger partial charge in [0.1, 0.15) is 5.15 Å². The summed E-state index contributed by atoms with van der Waals surface area (Å²) in [6.45, 7) is 2.04. The second kappa shape index (κ2) is 4.51. The van der Waals surface area contributed by atoms with Crippen LogP contribution in [-0.2, 0) is 0 Å². The SMILES string of the molecule is Cc1cc(Br)ccc1Nc1nc(Cl)cs1. The van der Waals surface area contributed by atoms with E-state index in [-0.39, 0.29) is 0 Å². The Morgan fingerprint density at radius 1 is 1.47 bits per heavy atom. The molecule has 0 saturated heterocycles. The van der Waals surface area contributed by atoms with Crippen molar-refractivity contribution in [1.29, 1.82) is 0 Å². The van der Waals surface area contributed by atoms with Crippen LogP contribution in [0.1, 0.15) is 5.56 Å². The first kappa shape index (κ1) is 10.9. The van der Waals surface area contributed by atoms with E-state index in [0.717, 1.165) is 20.9 Å². The summed E-state index contributed by atoms with van der Waals surface area (Å²) >= 11 is 10.7. The quantitative estimate of drug-likeness (QED) is 0.876. The van der Waals surface area contributed by atoms with Crippen molar-refractivity contribution in [2.75, 3.05) is 5.32 Å². The molecule has 0 atom stereocenters. The summed E-state index contributed by atoms with van der Waals surface area (Å²) < 4.78 is 1.07. The minimum Gasteiger partial charge on any atom is -0.331 e. The van der Waals surface area contributed by atoms with Crippen LogP contribution in [-0.4, -0.2) is 4.98 Å². The molecule has 0 saturated carbocycles. The zero-order valence-electron chi connectivity index (χ0n) is 7.92. The molecule has 0 aliphatic carbocycles. The van der Waals surface area contributed by atoms with E-state index in [4.69, 9.17) is 11.6 Å². The number of aromatic nitrogens is 1. The van der Waals surface area contributed by atoms with E-state index in [9.17, 15) is 0 Å². The van der Waals surface area contributed by atoms with Crippen LogP contribution in [0.2, 0.25) is 5.15 Å². The largest absolute Gasteiger partial charge is 0.331 e. The molecule has 0 radical (unpaired) electrons. The van der Waals surface area contributed by atoms with Crippen molar-refractivity contribution in [3.8, 4) is 0 Å². The fraction of sp³-hybridized carbons (Fsp3) is 0.100. The molecule has 0 unspecified atom stereocenters. The number of rotatable bonds is 2. The van der Waals surface area contributed by atoms with E-state index in [1.165, 1.54) is 11.3 Å². The van der Waals surface area contributed by atoms with E-state index >= 15 is 0 Å². The molecule has 0 aliphatic heterocycles. The summed E-state index contributed by atoms with van der Waals surface area (Å²) in [7, 11) is 0. The number of hydrogen-bond acceptors (Lipinski definition) is 3. The van der Waals surface area contributed by atoms with Crippen LogP contribution in [0.5, 0.6) is 0 Å². The first-order valence-electron chi connectivity index (χ1n) is 4.29. The van der Waals surface area contributed by atoms with Gasteiger partial charge in [0.2, 0.25) is 0 Å².